The third-order valence-corrected chi connectivity index (χ3v) is 8.67. The fourth-order valence-electron chi connectivity index (χ4n) is 6.18. The zero-order chi connectivity index (χ0) is 30.1. The highest BCUT2D eigenvalue weighted by Crippen LogP contribution is 2.38. The lowest BCUT2D eigenvalue weighted by atomic mass is 10.1. The molecule has 0 aliphatic carbocycles. The molecule has 2 aliphatic rings. The van der Waals surface area contributed by atoms with E-state index in [4.69, 9.17) is 16.3 Å². The van der Waals surface area contributed by atoms with Crippen LogP contribution in [0.15, 0.2) is 65.6 Å². The van der Waals surface area contributed by atoms with Gasteiger partial charge in [-0.25, -0.2) is 9.18 Å². The number of ether oxygens (including phenoxy) is 1. The molecule has 2 aliphatic heterocycles. The second-order valence-corrected chi connectivity index (χ2v) is 11.4. The molecule has 0 atom stereocenters. The number of hydrogen-bond acceptors (Lipinski definition) is 6. The zero-order valence-electron chi connectivity index (χ0n) is 24.1. The SMILES string of the molecule is CCOc1ccccc1N1CCN(c2c(F)cc3c(=O)c(C(=O)O)cn(-c4ccc(CN5CCCC5)cc4)c3c2Cl)CC1. The summed E-state index contributed by atoms with van der Waals surface area (Å²) in [6.07, 6.45) is 3.69. The Morgan fingerprint density at radius 1 is 0.977 bits per heavy atom. The van der Waals surface area contributed by atoms with Gasteiger partial charge in [-0.05, 0) is 68.8 Å². The number of piperazine rings is 1. The average molecular weight is 605 g/mol. The first-order valence-corrected chi connectivity index (χ1v) is 15.1. The lowest BCUT2D eigenvalue weighted by Crippen LogP contribution is -2.47. The van der Waals surface area contributed by atoms with Gasteiger partial charge >= 0.3 is 5.97 Å². The van der Waals surface area contributed by atoms with E-state index in [1.807, 2.05) is 60.4 Å². The Kier molecular flexibility index (Phi) is 8.27. The molecule has 0 spiro atoms. The number of nitrogens with zero attached hydrogens (tertiary/aromatic N) is 4. The molecule has 0 bridgehead atoms. The molecular weight excluding hydrogens is 571 g/mol. The average Bonchev–Trinajstić information content (AvgIpc) is 3.52. The van der Waals surface area contributed by atoms with E-state index in [1.54, 1.807) is 4.57 Å². The van der Waals surface area contributed by atoms with Crippen molar-refractivity contribution < 1.29 is 19.0 Å². The number of aromatic carboxylic acids is 1. The molecule has 224 valence electrons. The normalized spacial score (nSPS) is 15.8. The number of likely N-dealkylation sites (tertiary alicyclic amines) is 1. The number of anilines is 2. The molecule has 0 saturated carbocycles. The number of pyridine rings is 1. The molecular formula is C33H34ClFN4O4. The molecule has 10 heteroatoms. The van der Waals surface area contributed by atoms with Gasteiger partial charge in [0.2, 0.25) is 5.43 Å². The summed E-state index contributed by atoms with van der Waals surface area (Å²) in [5.41, 5.74) is 2.02. The van der Waals surface area contributed by atoms with Gasteiger partial charge in [0.1, 0.15) is 17.1 Å². The van der Waals surface area contributed by atoms with E-state index in [0.29, 0.717) is 38.5 Å². The van der Waals surface area contributed by atoms with Crippen LogP contribution in [0.2, 0.25) is 5.02 Å². The summed E-state index contributed by atoms with van der Waals surface area (Å²) >= 11 is 6.97. The smallest absolute Gasteiger partial charge is 0.341 e. The number of hydrogen-bond donors (Lipinski definition) is 1. The Bertz CT molecular complexity index is 1710. The summed E-state index contributed by atoms with van der Waals surface area (Å²) in [4.78, 5) is 31.7. The van der Waals surface area contributed by atoms with Gasteiger partial charge in [0.15, 0.2) is 0 Å². The number of carboxylic acid groups (broad SMARTS) is 1. The van der Waals surface area contributed by atoms with Gasteiger partial charge in [-0.15, -0.1) is 0 Å². The minimum Gasteiger partial charge on any atom is -0.492 e. The predicted molar refractivity (Wildman–Crippen MR) is 168 cm³/mol. The van der Waals surface area contributed by atoms with Crippen LogP contribution in [0, 0.1) is 5.82 Å². The van der Waals surface area contributed by atoms with Crippen molar-refractivity contribution in [1.82, 2.24) is 9.47 Å². The Labute approximate surface area is 254 Å². The number of aromatic nitrogens is 1. The summed E-state index contributed by atoms with van der Waals surface area (Å²) in [6.45, 7) is 7.70. The van der Waals surface area contributed by atoms with Gasteiger partial charge in [-0.2, -0.15) is 0 Å². The number of rotatable bonds is 8. The maximum atomic E-state index is 15.8. The fourth-order valence-corrected chi connectivity index (χ4v) is 6.58. The molecule has 43 heavy (non-hydrogen) atoms. The summed E-state index contributed by atoms with van der Waals surface area (Å²) in [5, 5.41) is 9.81. The van der Waals surface area contributed by atoms with Crippen molar-refractivity contribution in [3.8, 4) is 11.4 Å². The second kappa shape index (κ2) is 12.3. The minimum atomic E-state index is -1.38. The molecule has 3 heterocycles. The number of para-hydroxylation sites is 2. The minimum absolute atomic E-state index is 0.0726. The highest BCUT2D eigenvalue weighted by molar-refractivity contribution is 6.38. The Hall–Kier alpha value is -4.08. The van der Waals surface area contributed by atoms with E-state index in [1.165, 1.54) is 19.0 Å². The summed E-state index contributed by atoms with van der Waals surface area (Å²) in [5.74, 6) is -1.23. The molecule has 1 N–H and O–H groups in total. The largest absolute Gasteiger partial charge is 0.492 e. The van der Waals surface area contributed by atoms with Crippen molar-refractivity contribution in [2.75, 3.05) is 55.7 Å². The van der Waals surface area contributed by atoms with E-state index < -0.39 is 22.8 Å². The Morgan fingerprint density at radius 3 is 2.33 bits per heavy atom. The number of fused-ring (bicyclic) bond motifs is 1. The first kappa shape index (κ1) is 29.0. The van der Waals surface area contributed by atoms with E-state index in [2.05, 4.69) is 9.80 Å². The Morgan fingerprint density at radius 2 is 1.65 bits per heavy atom. The van der Waals surface area contributed by atoms with Crippen LogP contribution in [-0.2, 0) is 6.54 Å². The van der Waals surface area contributed by atoms with Crippen LogP contribution in [0.25, 0.3) is 16.6 Å². The van der Waals surface area contributed by atoms with Gasteiger partial charge in [0.25, 0.3) is 0 Å². The monoisotopic (exact) mass is 604 g/mol. The summed E-state index contributed by atoms with van der Waals surface area (Å²) < 4.78 is 23.2. The predicted octanol–water partition coefficient (Wildman–Crippen LogP) is 5.80. The fraction of sp³-hybridized carbons (Fsp3) is 0.333. The molecule has 0 amide bonds. The van der Waals surface area contributed by atoms with E-state index in [-0.39, 0.29) is 21.6 Å². The van der Waals surface area contributed by atoms with Crippen LogP contribution in [-0.4, -0.2) is 66.4 Å². The quantitative estimate of drug-likeness (QED) is 0.272. The number of carbonyl (C=O) groups is 1. The molecule has 0 radical (unpaired) electrons. The van der Waals surface area contributed by atoms with Crippen molar-refractivity contribution in [2.24, 2.45) is 0 Å². The van der Waals surface area contributed by atoms with Crippen molar-refractivity contribution in [1.29, 1.82) is 0 Å². The third kappa shape index (κ3) is 5.67. The van der Waals surface area contributed by atoms with Crippen molar-refractivity contribution in [3.63, 3.8) is 0 Å². The molecule has 2 saturated heterocycles. The van der Waals surface area contributed by atoms with Crippen molar-refractivity contribution in [2.45, 2.75) is 26.3 Å². The third-order valence-electron chi connectivity index (χ3n) is 8.31. The zero-order valence-corrected chi connectivity index (χ0v) is 24.8. The van der Waals surface area contributed by atoms with Gasteiger partial charge < -0.3 is 24.2 Å². The highest BCUT2D eigenvalue weighted by Gasteiger charge is 2.27. The standard InChI is InChI=1S/C33H34ClFN4O4/c1-2-43-28-8-4-3-7-27(28)37-15-17-38(18-16-37)31-26(35)19-24-30(29(31)34)39(21-25(32(24)40)33(41)42)23-11-9-22(10-12-23)20-36-13-5-6-14-36/h3-4,7-12,19,21H,2,5-6,13-18,20H2,1H3,(H,41,42). The summed E-state index contributed by atoms with van der Waals surface area (Å²) in [6, 6.07) is 16.7. The molecule has 6 rings (SSSR count). The van der Waals surface area contributed by atoms with Crippen LogP contribution < -0.4 is 20.0 Å². The number of halogens is 2. The van der Waals surface area contributed by atoms with Gasteiger partial charge in [0, 0.05) is 44.6 Å². The van der Waals surface area contributed by atoms with Gasteiger partial charge in [-0.3, -0.25) is 9.69 Å². The van der Waals surface area contributed by atoms with E-state index in [9.17, 15) is 14.7 Å². The highest BCUT2D eigenvalue weighted by atomic mass is 35.5. The topological polar surface area (TPSA) is 78.2 Å². The van der Waals surface area contributed by atoms with E-state index in [0.717, 1.165) is 42.7 Å². The maximum Gasteiger partial charge on any atom is 0.341 e. The van der Waals surface area contributed by atoms with Crippen LogP contribution in [0.5, 0.6) is 5.75 Å². The van der Waals surface area contributed by atoms with Crippen LogP contribution in [0.4, 0.5) is 15.8 Å². The molecule has 4 aromatic rings. The van der Waals surface area contributed by atoms with Crippen LogP contribution in [0.3, 0.4) is 0 Å². The van der Waals surface area contributed by atoms with Crippen molar-refractivity contribution in [3.05, 3.63) is 93.0 Å². The van der Waals surface area contributed by atoms with E-state index >= 15 is 4.39 Å². The first-order chi connectivity index (χ1) is 20.9. The summed E-state index contributed by atoms with van der Waals surface area (Å²) in [7, 11) is 0. The first-order valence-electron chi connectivity index (χ1n) is 14.7. The molecule has 3 aromatic carbocycles. The molecule has 8 nitrogen and oxygen atoms in total. The molecule has 0 unspecified atom stereocenters. The maximum absolute atomic E-state index is 15.8. The van der Waals surface area contributed by atoms with Crippen LogP contribution in [0.1, 0.15) is 35.7 Å². The lowest BCUT2D eigenvalue weighted by Gasteiger charge is -2.38. The second-order valence-electron chi connectivity index (χ2n) is 11.0. The Balaban J connectivity index is 1.37. The van der Waals surface area contributed by atoms with Gasteiger partial charge in [-0.1, -0.05) is 35.9 Å². The molecule has 1 aromatic heterocycles. The lowest BCUT2D eigenvalue weighted by molar-refractivity contribution is 0.0695. The number of carboxylic acids is 1. The van der Waals surface area contributed by atoms with Crippen molar-refractivity contribution >= 4 is 39.8 Å². The van der Waals surface area contributed by atoms with Crippen LogP contribution >= 0.6 is 11.6 Å². The molecule has 2 fully saturated rings. The van der Waals surface area contributed by atoms with Gasteiger partial charge in [0.05, 0.1) is 33.9 Å². The number of benzene rings is 3.